The van der Waals surface area contributed by atoms with E-state index in [9.17, 15) is 0 Å². The molecular weight excluding hydrogens is 136 g/mol. The Kier molecular flexibility index (Phi) is 1.92. The second-order valence-corrected chi connectivity index (χ2v) is 4.40. The van der Waals surface area contributed by atoms with Gasteiger partial charge in [-0.15, -0.1) is 0 Å². The first kappa shape index (κ1) is 7.60. The largest absolute Gasteiger partial charge is 0.375 e. The van der Waals surface area contributed by atoms with Crippen molar-refractivity contribution in [3.8, 4) is 0 Å². The summed E-state index contributed by atoms with van der Waals surface area (Å²) in [5.41, 5.74) is 0. The highest BCUT2D eigenvalue weighted by molar-refractivity contribution is 4.90. The van der Waals surface area contributed by atoms with Gasteiger partial charge in [-0.1, -0.05) is 0 Å². The number of rotatable bonds is 2. The number of hydrogen-bond acceptors (Lipinski definition) is 1. The van der Waals surface area contributed by atoms with E-state index >= 15 is 0 Å². The van der Waals surface area contributed by atoms with Crippen LogP contribution in [0.5, 0.6) is 0 Å². The van der Waals surface area contributed by atoms with Crippen molar-refractivity contribution in [2.45, 2.75) is 51.7 Å². The summed E-state index contributed by atoms with van der Waals surface area (Å²) in [6.07, 6.45) is 6.76. The van der Waals surface area contributed by atoms with E-state index in [1.54, 1.807) is 0 Å². The van der Waals surface area contributed by atoms with Crippen molar-refractivity contribution in [3.63, 3.8) is 0 Å². The first-order chi connectivity index (χ1) is 5.25. The van der Waals surface area contributed by atoms with Crippen LogP contribution in [0.3, 0.4) is 0 Å². The van der Waals surface area contributed by atoms with Gasteiger partial charge in [0.2, 0.25) is 0 Å². The molecule has 0 aromatic heterocycles. The average molecular weight is 154 g/mol. The second-order valence-electron chi connectivity index (χ2n) is 4.40. The van der Waals surface area contributed by atoms with Gasteiger partial charge >= 0.3 is 0 Å². The molecule has 0 saturated heterocycles. The predicted octanol–water partition coefficient (Wildman–Crippen LogP) is 2.60. The molecule has 0 heterocycles. The van der Waals surface area contributed by atoms with Gasteiger partial charge in [-0.3, -0.25) is 0 Å². The Bertz CT molecular complexity index is 142. The normalized spacial score (nSPS) is 42.3. The van der Waals surface area contributed by atoms with Gasteiger partial charge in [-0.25, -0.2) is 0 Å². The quantitative estimate of drug-likeness (QED) is 0.594. The molecule has 0 radical (unpaired) electrons. The smallest absolute Gasteiger partial charge is 0.0609 e. The van der Waals surface area contributed by atoms with E-state index in [-0.39, 0.29) is 0 Å². The fraction of sp³-hybridized carbons (Fsp3) is 1.00. The zero-order chi connectivity index (χ0) is 7.84. The monoisotopic (exact) mass is 154 g/mol. The zero-order valence-corrected chi connectivity index (χ0v) is 7.55. The first-order valence-electron chi connectivity index (χ1n) is 4.91. The van der Waals surface area contributed by atoms with Crippen LogP contribution in [-0.2, 0) is 4.74 Å². The average Bonchev–Trinajstić information content (AvgIpc) is 2.45. The molecule has 2 fully saturated rings. The van der Waals surface area contributed by atoms with Crippen molar-refractivity contribution in [1.29, 1.82) is 0 Å². The molecule has 2 aliphatic rings. The molecule has 2 saturated carbocycles. The molecule has 0 aromatic carbocycles. The molecule has 0 aliphatic heterocycles. The summed E-state index contributed by atoms with van der Waals surface area (Å²) >= 11 is 0. The Morgan fingerprint density at radius 2 is 2.00 bits per heavy atom. The van der Waals surface area contributed by atoms with E-state index < -0.39 is 0 Å². The highest BCUT2D eigenvalue weighted by Crippen LogP contribution is 2.46. The van der Waals surface area contributed by atoms with Crippen LogP contribution in [0.25, 0.3) is 0 Å². The molecule has 2 unspecified atom stereocenters. The maximum Gasteiger partial charge on any atom is 0.0609 e. The maximum atomic E-state index is 5.85. The number of fused-ring (bicyclic) bond motifs is 2. The molecule has 11 heavy (non-hydrogen) atoms. The molecule has 2 aliphatic carbocycles. The van der Waals surface area contributed by atoms with Crippen LogP contribution in [0.1, 0.15) is 39.5 Å². The summed E-state index contributed by atoms with van der Waals surface area (Å²) in [5.74, 6) is 1.94. The maximum absolute atomic E-state index is 5.85. The molecule has 1 heteroatoms. The lowest BCUT2D eigenvalue weighted by molar-refractivity contribution is -0.0222. The third kappa shape index (κ3) is 1.44. The van der Waals surface area contributed by atoms with Crippen molar-refractivity contribution >= 4 is 0 Å². The summed E-state index contributed by atoms with van der Waals surface area (Å²) in [6, 6.07) is 0. The fourth-order valence-electron chi connectivity index (χ4n) is 2.70. The second kappa shape index (κ2) is 2.78. The highest BCUT2D eigenvalue weighted by Gasteiger charge is 2.40. The van der Waals surface area contributed by atoms with Crippen LogP contribution < -0.4 is 0 Å². The van der Waals surface area contributed by atoms with E-state index in [1.165, 1.54) is 25.7 Å². The van der Waals surface area contributed by atoms with Crippen molar-refractivity contribution in [2.75, 3.05) is 0 Å². The van der Waals surface area contributed by atoms with Gasteiger partial charge in [0.15, 0.2) is 0 Å². The lowest BCUT2D eigenvalue weighted by atomic mass is 9.98. The van der Waals surface area contributed by atoms with Crippen LogP contribution in [0.2, 0.25) is 0 Å². The molecule has 0 N–H and O–H groups in total. The van der Waals surface area contributed by atoms with Crippen LogP contribution in [0, 0.1) is 11.8 Å². The number of ether oxygens (including phenoxy) is 1. The highest BCUT2D eigenvalue weighted by atomic mass is 16.5. The van der Waals surface area contributed by atoms with Gasteiger partial charge in [-0.2, -0.15) is 0 Å². The van der Waals surface area contributed by atoms with Crippen LogP contribution in [0.15, 0.2) is 0 Å². The summed E-state index contributed by atoms with van der Waals surface area (Å²) in [5, 5.41) is 0. The van der Waals surface area contributed by atoms with Crippen LogP contribution >= 0.6 is 0 Å². The molecule has 0 amide bonds. The zero-order valence-electron chi connectivity index (χ0n) is 7.55. The fourth-order valence-corrected chi connectivity index (χ4v) is 2.70. The summed E-state index contributed by atoms with van der Waals surface area (Å²) in [7, 11) is 0. The first-order valence-corrected chi connectivity index (χ1v) is 4.91. The summed E-state index contributed by atoms with van der Waals surface area (Å²) in [6.45, 7) is 4.29. The molecule has 0 spiro atoms. The van der Waals surface area contributed by atoms with Crippen molar-refractivity contribution in [1.82, 2.24) is 0 Å². The molecular formula is C10H18O. The summed E-state index contributed by atoms with van der Waals surface area (Å²) < 4.78 is 5.85. The van der Waals surface area contributed by atoms with Crippen molar-refractivity contribution in [3.05, 3.63) is 0 Å². The van der Waals surface area contributed by atoms with Crippen molar-refractivity contribution < 1.29 is 4.74 Å². The standard InChI is InChI=1S/C10H18O/c1-7(2)11-10-6-8-3-4-9(10)5-8/h7-10H,3-6H2,1-2H3/t8?,9-,10?/m0/s1. The van der Waals surface area contributed by atoms with Gasteiger partial charge < -0.3 is 4.74 Å². The van der Waals surface area contributed by atoms with E-state index in [1.807, 2.05) is 0 Å². The van der Waals surface area contributed by atoms with E-state index in [0.29, 0.717) is 12.2 Å². The van der Waals surface area contributed by atoms with Gasteiger partial charge in [0.1, 0.15) is 0 Å². The Hall–Kier alpha value is -0.0400. The minimum absolute atomic E-state index is 0.430. The van der Waals surface area contributed by atoms with Crippen molar-refractivity contribution in [2.24, 2.45) is 11.8 Å². The Labute approximate surface area is 69.1 Å². The Morgan fingerprint density at radius 3 is 2.45 bits per heavy atom. The molecule has 3 atom stereocenters. The molecule has 2 rings (SSSR count). The van der Waals surface area contributed by atoms with Gasteiger partial charge in [0.05, 0.1) is 12.2 Å². The van der Waals surface area contributed by atoms with E-state index in [2.05, 4.69) is 13.8 Å². The minimum Gasteiger partial charge on any atom is -0.375 e. The Balaban J connectivity index is 1.87. The molecule has 0 aromatic rings. The number of hydrogen-bond donors (Lipinski definition) is 0. The SMILES string of the molecule is CC(C)OC1CC2CC[C@H]1C2. The van der Waals surface area contributed by atoms with E-state index in [4.69, 9.17) is 4.74 Å². The third-order valence-electron chi connectivity index (χ3n) is 3.12. The Morgan fingerprint density at radius 1 is 1.18 bits per heavy atom. The van der Waals surface area contributed by atoms with E-state index in [0.717, 1.165) is 11.8 Å². The molecule has 1 nitrogen and oxygen atoms in total. The molecule has 2 bridgehead atoms. The lowest BCUT2D eigenvalue weighted by Crippen LogP contribution is -2.23. The van der Waals surface area contributed by atoms with Crippen LogP contribution in [-0.4, -0.2) is 12.2 Å². The predicted molar refractivity (Wildman–Crippen MR) is 45.5 cm³/mol. The third-order valence-corrected chi connectivity index (χ3v) is 3.12. The van der Waals surface area contributed by atoms with Gasteiger partial charge in [0.25, 0.3) is 0 Å². The van der Waals surface area contributed by atoms with Crippen LogP contribution in [0.4, 0.5) is 0 Å². The topological polar surface area (TPSA) is 9.23 Å². The van der Waals surface area contributed by atoms with Gasteiger partial charge in [-0.05, 0) is 51.4 Å². The minimum atomic E-state index is 0.430. The molecule has 64 valence electrons. The summed E-state index contributed by atoms with van der Waals surface area (Å²) in [4.78, 5) is 0. The lowest BCUT2D eigenvalue weighted by Gasteiger charge is -2.24. The van der Waals surface area contributed by atoms with Gasteiger partial charge in [0, 0.05) is 0 Å².